The second-order valence-corrected chi connectivity index (χ2v) is 11.7. The van der Waals surface area contributed by atoms with E-state index in [4.69, 9.17) is 0 Å². The monoisotopic (exact) mass is 528 g/mol. The van der Waals surface area contributed by atoms with Crippen LogP contribution in [-0.2, 0) is 20.4 Å². The van der Waals surface area contributed by atoms with Crippen molar-refractivity contribution < 1.29 is 18.0 Å². The summed E-state index contributed by atoms with van der Waals surface area (Å²) in [6, 6.07) is 13.7. The van der Waals surface area contributed by atoms with Gasteiger partial charge in [-0.1, -0.05) is 47.7 Å². The van der Waals surface area contributed by atoms with E-state index in [-0.39, 0.29) is 17.2 Å². The highest BCUT2D eigenvalue weighted by atomic mass is 32.2. The van der Waals surface area contributed by atoms with E-state index >= 15 is 0 Å². The van der Waals surface area contributed by atoms with Crippen LogP contribution in [0.2, 0.25) is 0 Å². The first-order valence-electron chi connectivity index (χ1n) is 11.5. The molecule has 1 unspecified atom stereocenters. The molecule has 4 rings (SSSR count). The third-order valence-corrected chi connectivity index (χ3v) is 7.52. The number of sulfone groups is 1. The lowest BCUT2D eigenvalue weighted by atomic mass is 10.1. The minimum atomic E-state index is -3.37. The minimum absolute atomic E-state index is 0.258. The first-order valence-corrected chi connectivity index (χ1v) is 14.3. The summed E-state index contributed by atoms with van der Waals surface area (Å²) in [6.45, 7) is 4.88. The normalized spacial score (nSPS) is 15.3. The topological polar surface area (TPSA) is 133 Å². The number of nitrogens with zero attached hydrogens (tertiary/aromatic N) is 3. The number of benzene rings is 2. The molecule has 0 spiro atoms. The number of piperazine rings is 1. The van der Waals surface area contributed by atoms with Crippen molar-refractivity contribution in [3.05, 3.63) is 59.7 Å². The average molecular weight is 529 g/mol. The molecule has 2 aromatic carbocycles. The summed E-state index contributed by atoms with van der Waals surface area (Å²) in [5.74, 6) is -0.966. The van der Waals surface area contributed by atoms with Crippen LogP contribution in [0, 0.1) is 0 Å². The van der Waals surface area contributed by atoms with E-state index in [9.17, 15) is 18.0 Å². The molecule has 3 N–H and O–H groups in total. The van der Waals surface area contributed by atoms with Gasteiger partial charge in [-0.25, -0.2) is 8.42 Å². The van der Waals surface area contributed by atoms with E-state index in [0.717, 1.165) is 38.0 Å². The van der Waals surface area contributed by atoms with Crippen molar-refractivity contribution in [1.29, 1.82) is 0 Å². The van der Waals surface area contributed by atoms with Crippen molar-refractivity contribution in [2.75, 3.05) is 43.1 Å². The summed E-state index contributed by atoms with van der Waals surface area (Å²) < 4.78 is 24.0. The van der Waals surface area contributed by atoms with Gasteiger partial charge in [0.2, 0.25) is 11.0 Å². The third kappa shape index (κ3) is 6.72. The Kier molecular flexibility index (Phi) is 8.09. The number of aromatic nitrogens is 2. The van der Waals surface area contributed by atoms with Gasteiger partial charge in [0, 0.05) is 49.2 Å². The Morgan fingerprint density at radius 2 is 1.81 bits per heavy atom. The number of carbonyl (C=O) groups excluding carboxylic acids is 2. The SMILES string of the molecule is CC(C(=O)Nc1cc(C(=O)Nc2nnc(-c3ccccc3)s2)ccc1CS(C)(=O)=O)N1CCNCC1. The standard InChI is InChI=1S/C24H28N6O4S2/c1-16(30-12-10-25-11-13-30)21(31)26-20-14-18(8-9-19(20)15-36(2,33)34)22(32)27-24-29-28-23(35-24)17-6-4-3-5-7-17/h3-9,14,16,25H,10-13,15H2,1-2H3,(H,26,31)(H,27,29,32). The number of rotatable bonds is 8. The van der Waals surface area contributed by atoms with Crippen LogP contribution in [-0.4, -0.2) is 73.8 Å². The Labute approximate surface area is 214 Å². The molecular formula is C24H28N6O4S2. The van der Waals surface area contributed by atoms with E-state index in [2.05, 4.69) is 31.0 Å². The Hall–Kier alpha value is -3.19. The number of nitrogens with one attached hydrogen (secondary N) is 3. The molecular weight excluding hydrogens is 500 g/mol. The zero-order chi connectivity index (χ0) is 25.7. The first kappa shape index (κ1) is 25.9. The zero-order valence-corrected chi connectivity index (χ0v) is 21.7. The molecule has 1 atom stereocenters. The van der Waals surface area contributed by atoms with Crippen molar-refractivity contribution in [3.8, 4) is 10.6 Å². The predicted molar refractivity (Wildman–Crippen MR) is 141 cm³/mol. The lowest BCUT2D eigenvalue weighted by molar-refractivity contribution is -0.121. The van der Waals surface area contributed by atoms with Crippen molar-refractivity contribution in [3.63, 3.8) is 0 Å². The maximum absolute atomic E-state index is 13.0. The second kappa shape index (κ2) is 11.2. The molecule has 190 valence electrons. The van der Waals surface area contributed by atoms with Crippen LogP contribution in [0.15, 0.2) is 48.5 Å². The highest BCUT2D eigenvalue weighted by molar-refractivity contribution is 7.89. The summed E-state index contributed by atoms with van der Waals surface area (Å²) in [6.07, 6.45) is 1.13. The van der Waals surface area contributed by atoms with Crippen LogP contribution in [0.1, 0.15) is 22.8 Å². The van der Waals surface area contributed by atoms with Gasteiger partial charge in [-0.2, -0.15) is 0 Å². The van der Waals surface area contributed by atoms with Gasteiger partial charge in [-0.15, -0.1) is 10.2 Å². The lowest BCUT2D eigenvalue weighted by Crippen LogP contribution is -2.51. The van der Waals surface area contributed by atoms with Crippen molar-refractivity contribution >= 4 is 43.8 Å². The van der Waals surface area contributed by atoms with Crippen molar-refractivity contribution in [2.24, 2.45) is 0 Å². The molecule has 1 aromatic heterocycles. The maximum atomic E-state index is 13.0. The summed E-state index contributed by atoms with van der Waals surface area (Å²) in [5.41, 5.74) is 1.86. The molecule has 1 fully saturated rings. The number of hydrogen-bond acceptors (Lipinski definition) is 9. The largest absolute Gasteiger partial charge is 0.324 e. The summed E-state index contributed by atoms with van der Waals surface area (Å²) >= 11 is 1.24. The van der Waals surface area contributed by atoms with Gasteiger partial charge in [-0.3, -0.25) is 19.8 Å². The molecule has 0 radical (unpaired) electrons. The number of hydrogen-bond donors (Lipinski definition) is 3. The Morgan fingerprint density at radius 3 is 2.50 bits per heavy atom. The van der Waals surface area contributed by atoms with Gasteiger partial charge in [0.1, 0.15) is 5.01 Å². The van der Waals surface area contributed by atoms with Crippen LogP contribution >= 0.6 is 11.3 Å². The van der Waals surface area contributed by atoms with E-state index < -0.39 is 21.8 Å². The van der Waals surface area contributed by atoms with Gasteiger partial charge in [0.05, 0.1) is 11.8 Å². The molecule has 1 saturated heterocycles. The Bertz CT molecular complexity index is 1340. The molecule has 0 saturated carbocycles. The molecule has 1 aliphatic heterocycles. The van der Waals surface area contributed by atoms with E-state index in [1.165, 1.54) is 23.5 Å². The fourth-order valence-electron chi connectivity index (χ4n) is 3.86. The predicted octanol–water partition coefficient (Wildman–Crippen LogP) is 2.23. The summed E-state index contributed by atoms with van der Waals surface area (Å²) in [7, 11) is -3.37. The van der Waals surface area contributed by atoms with Crippen LogP contribution in [0.5, 0.6) is 0 Å². The van der Waals surface area contributed by atoms with E-state index in [1.54, 1.807) is 6.07 Å². The smallest absolute Gasteiger partial charge is 0.257 e. The Morgan fingerprint density at radius 1 is 1.08 bits per heavy atom. The first-order chi connectivity index (χ1) is 17.2. The molecule has 10 nitrogen and oxygen atoms in total. The fraction of sp³-hybridized carbons (Fsp3) is 0.333. The van der Waals surface area contributed by atoms with Gasteiger partial charge < -0.3 is 10.6 Å². The van der Waals surface area contributed by atoms with Crippen molar-refractivity contribution in [2.45, 2.75) is 18.7 Å². The molecule has 0 bridgehead atoms. The van der Waals surface area contributed by atoms with Crippen LogP contribution in [0.25, 0.3) is 10.6 Å². The van der Waals surface area contributed by atoms with E-state index in [1.807, 2.05) is 37.3 Å². The molecule has 36 heavy (non-hydrogen) atoms. The van der Waals surface area contributed by atoms with Gasteiger partial charge in [-0.05, 0) is 24.6 Å². The molecule has 1 aliphatic rings. The molecule has 12 heteroatoms. The van der Waals surface area contributed by atoms with Crippen LogP contribution in [0.4, 0.5) is 10.8 Å². The highest BCUT2D eigenvalue weighted by Crippen LogP contribution is 2.27. The number of anilines is 2. The number of carbonyl (C=O) groups is 2. The number of amides is 2. The average Bonchev–Trinajstić information content (AvgIpc) is 3.33. The fourth-order valence-corrected chi connectivity index (χ4v) is 5.42. The highest BCUT2D eigenvalue weighted by Gasteiger charge is 2.24. The lowest BCUT2D eigenvalue weighted by Gasteiger charge is -2.32. The minimum Gasteiger partial charge on any atom is -0.324 e. The second-order valence-electron chi connectivity index (χ2n) is 8.63. The molecule has 3 aromatic rings. The zero-order valence-electron chi connectivity index (χ0n) is 20.0. The quantitative estimate of drug-likeness (QED) is 0.405. The van der Waals surface area contributed by atoms with Crippen molar-refractivity contribution in [1.82, 2.24) is 20.4 Å². The third-order valence-electron chi connectivity index (χ3n) is 5.79. The van der Waals surface area contributed by atoms with Gasteiger partial charge >= 0.3 is 0 Å². The van der Waals surface area contributed by atoms with Gasteiger partial charge in [0.25, 0.3) is 5.91 Å². The molecule has 0 aliphatic carbocycles. The van der Waals surface area contributed by atoms with Crippen LogP contribution in [0.3, 0.4) is 0 Å². The molecule has 2 heterocycles. The maximum Gasteiger partial charge on any atom is 0.257 e. The van der Waals surface area contributed by atoms with E-state index in [0.29, 0.717) is 21.4 Å². The summed E-state index contributed by atoms with van der Waals surface area (Å²) in [5, 5.41) is 18.0. The molecule has 2 amide bonds. The summed E-state index contributed by atoms with van der Waals surface area (Å²) in [4.78, 5) is 28.0. The van der Waals surface area contributed by atoms with Gasteiger partial charge in [0.15, 0.2) is 9.84 Å². The van der Waals surface area contributed by atoms with Crippen LogP contribution < -0.4 is 16.0 Å². The Balaban J connectivity index is 1.53.